The summed E-state index contributed by atoms with van der Waals surface area (Å²) >= 11 is 1.73. The highest BCUT2D eigenvalue weighted by atomic mass is 32.1. The predicted octanol–water partition coefficient (Wildman–Crippen LogP) is 5.12. The number of hydrogen-bond donors (Lipinski definition) is 0. The molecule has 0 bridgehead atoms. The van der Waals surface area contributed by atoms with E-state index in [1.165, 1.54) is 16.0 Å². The van der Waals surface area contributed by atoms with Crippen LogP contribution in [0.15, 0.2) is 52.8 Å². The summed E-state index contributed by atoms with van der Waals surface area (Å²) in [6.07, 6.45) is 1.98. The van der Waals surface area contributed by atoms with Gasteiger partial charge in [0.05, 0.1) is 11.6 Å². The van der Waals surface area contributed by atoms with Gasteiger partial charge in [0.15, 0.2) is 5.75 Å². The average molecular weight is 334 g/mol. The zero-order valence-electron chi connectivity index (χ0n) is 13.9. The molecule has 2 aliphatic heterocycles. The number of para-hydroxylation sites is 1. The highest BCUT2D eigenvalue weighted by molar-refractivity contribution is 7.17. The van der Waals surface area contributed by atoms with Gasteiger partial charge < -0.3 is 9.64 Å². The third kappa shape index (κ3) is 1.50. The zero-order chi connectivity index (χ0) is 16.5. The molecule has 0 aliphatic carbocycles. The molecule has 1 unspecified atom stereocenters. The molecule has 0 saturated heterocycles. The number of anilines is 1. The van der Waals surface area contributed by atoms with Gasteiger partial charge in [-0.15, -0.1) is 11.3 Å². The number of rotatable bonds is 0. The van der Waals surface area contributed by atoms with Gasteiger partial charge in [0.25, 0.3) is 0 Å². The second-order valence-electron chi connectivity index (χ2n) is 7.00. The van der Waals surface area contributed by atoms with E-state index in [-0.39, 0.29) is 5.41 Å². The lowest BCUT2D eigenvalue weighted by atomic mass is 9.77. The van der Waals surface area contributed by atoms with Crippen LogP contribution < -0.4 is 9.64 Å². The summed E-state index contributed by atoms with van der Waals surface area (Å²) in [6, 6.07) is 14.8. The molecule has 5 rings (SSSR count). The van der Waals surface area contributed by atoms with E-state index in [4.69, 9.17) is 9.73 Å². The van der Waals surface area contributed by atoms with Crippen molar-refractivity contribution >= 4 is 39.0 Å². The van der Waals surface area contributed by atoms with Crippen LogP contribution in [0, 0.1) is 0 Å². The zero-order valence-corrected chi connectivity index (χ0v) is 14.7. The van der Waals surface area contributed by atoms with Crippen LogP contribution in [0.5, 0.6) is 5.75 Å². The fourth-order valence-electron chi connectivity index (χ4n) is 4.08. The Balaban J connectivity index is 1.75. The van der Waals surface area contributed by atoms with E-state index < -0.39 is 5.72 Å². The Morgan fingerprint density at radius 1 is 1.08 bits per heavy atom. The van der Waals surface area contributed by atoms with Crippen molar-refractivity contribution in [3.8, 4) is 5.75 Å². The van der Waals surface area contributed by atoms with E-state index in [1.54, 1.807) is 11.3 Å². The lowest BCUT2D eigenvalue weighted by Gasteiger charge is -2.45. The molecule has 1 spiro atoms. The van der Waals surface area contributed by atoms with Gasteiger partial charge in [-0.25, -0.2) is 0 Å². The van der Waals surface area contributed by atoms with Gasteiger partial charge in [0.1, 0.15) is 5.69 Å². The van der Waals surface area contributed by atoms with Crippen LogP contribution in [0.4, 0.5) is 11.4 Å². The molecule has 1 atom stereocenters. The predicted molar refractivity (Wildman–Crippen MR) is 101 cm³/mol. The second-order valence-corrected chi connectivity index (χ2v) is 7.95. The first kappa shape index (κ1) is 14.1. The summed E-state index contributed by atoms with van der Waals surface area (Å²) in [5.41, 5.74) is 2.58. The van der Waals surface area contributed by atoms with Crippen LogP contribution in [0.3, 0.4) is 0 Å². The first-order chi connectivity index (χ1) is 11.5. The monoisotopic (exact) mass is 334 g/mol. The molecule has 0 saturated carbocycles. The molecule has 0 N–H and O–H groups in total. The number of likely N-dealkylation sites (N-methyl/N-ethyl adjacent to an activating group) is 1. The maximum atomic E-state index is 6.75. The number of hydrogen-bond acceptors (Lipinski definition) is 4. The van der Waals surface area contributed by atoms with Crippen LogP contribution >= 0.6 is 11.3 Å². The van der Waals surface area contributed by atoms with Gasteiger partial charge in [0, 0.05) is 22.8 Å². The minimum Gasteiger partial charge on any atom is -0.459 e. The lowest BCUT2D eigenvalue weighted by Crippen LogP contribution is -2.61. The SMILES string of the molecule is CN1c2ccccc2C(C)(C)C12C=Nc1ccc3sccc3c1O2. The summed E-state index contributed by atoms with van der Waals surface area (Å²) in [4.78, 5) is 7.02. The Morgan fingerprint density at radius 2 is 1.92 bits per heavy atom. The van der Waals surface area contributed by atoms with Crippen molar-refractivity contribution in [2.75, 3.05) is 11.9 Å². The molecule has 0 amide bonds. The topological polar surface area (TPSA) is 24.8 Å². The quantitative estimate of drug-likeness (QED) is 0.570. The standard InChI is InChI=1S/C20H18N2OS/c1-19(2)14-6-4-5-7-16(14)22(3)20(19)12-21-15-8-9-17-13(10-11-24-17)18(15)23-20/h4-12H,1-3H3. The van der Waals surface area contributed by atoms with Gasteiger partial charge in [-0.05, 0) is 49.1 Å². The van der Waals surface area contributed by atoms with E-state index in [0.29, 0.717) is 0 Å². The van der Waals surface area contributed by atoms with Gasteiger partial charge in [-0.1, -0.05) is 18.2 Å². The summed E-state index contributed by atoms with van der Waals surface area (Å²) in [5.74, 6) is 0.893. The van der Waals surface area contributed by atoms with Crippen LogP contribution in [-0.4, -0.2) is 19.0 Å². The van der Waals surface area contributed by atoms with E-state index >= 15 is 0 Å². The van der Waals surface area contributed by atoms with Gasteiger partial charge in [0.2, 0.25) is 5.72 Å². The molecule has 0 fully saturated rings. The van der Waals surface area contributed by atoms with E-state index in [9.17, 15) is 0 Å². The molecule has 24 heavy (non-hydrogen) atoms. The maximum Gasteiger partial charge on any atom is 0.228 e. The molecular formula is C20H18N2OS. The van der Waals surface area contributed by atoms with E-state index in [2.05, 4.69) is 67.6 Å². The Bertz CT molecular complexity index is 1000. The molecule has 0 radical (unpaired) electrons. The molecule has 120 valence electrons. The van der Waals surface area contributed by atoms with Crippen molar-refractivity contribution in [2.45, 2.75) is 25.0 Å². The van der Waals surface area contributed by atoms with Crippen LogP contribution in [-0.2, 0) is 5.41 Å². The van der Waals surface area contributed by atoms with Crippen LogP contribution in [0.25, 0.3) is 10.1 Å². The van der Waals surface area contributed by atoms with Crippen molar-refractivity contribution < 1.29 is 4.74 Å². The molecule has 1 aromatic heterocycles. The highest BCUT2D eigenvalue weighted by Gasteiger charge is 2.58. The summed E-state index contributed by atoms with van der Waals surface area (Å²) in [7, 11) is 2.10. The number of aliphatic imine (C=N–C) groups is 1. The van der Waals surface area contributed by atoms with E-state index in [1.807, 2.05) is 12.3 Å². The number of thiophene rings is 1. The highest BCUT2D eigenvalue weighted by Crippen LogP contribution is 2.54. The summed E-state index contributed by atoms with van der Waals surface area (Å²) in [5, 5.41) is 3.26. The fraction of sp³-hybridized carbons (Fsp3) is 0.250. The lowest BCUT2D eigenvalue weighted by molar-refractivity contribution is 0.0842. The van der Waals surface area contributed by atoms with Crippen molar-refractivity contribution in [1.82, 2.24) is 0 Å². The van der Waals surface area contributed by atoms with Gasteiger partial charge in [-0.3, -0.25) is 4.99 Å². The molecule has 3 heterocycles. The van der Waals surface area contributed by atoms with Gasteiger partial charge in [-0.2, -0.15) is 0 Å². The Kier molecular flexibility index (Phi) is 2.57. The van der Waals surface area contributed by atoms with Crippen molar-refractivity contribution in [3.63, 3.8) is 0 Å². The minimum absolute atomic E-state index is 0.211. The Morgan fingerprint density at radius 3 is 2.75 bits per heavy atom. The molecule has 3 nitrogen and oxygen atoms in total. The number of benzene rings is 2. The molecule has 2 aliphatic rings. The molecule has 4 heteroatoms. The fourth-order valence-corrected chi connectivity index (χ4v) is 4.87. The number of nitrogens with zero attached hydrogens (tertiary/aromatic N) is 2. The summed E-state index contributed by atoms with van der Waals surface area (Å²) < 4.78 is 7.98. The Labute approximate surface area is 145 Å². The third-order valence-corrected chi connectivity index (χ3v) is 6.42. The normalized spacial score (nSPS) is 23.4. The smallest absolute Gasteiger partial charge is 0.228 e. The molecule has 2 aromatic carbocycles. The van der Waals surface area contributed by atoms with Crippen molar-refractivity contribution in [1.29, 1.82) is 0 Å². The molecular weight excluding hydrogens is 316 g/mol. The summed E-state index contributed by atoms with van der Waals surface area (Å²) in [6.45, 7) is 4.47. The largest absolute Gasteiger partial charge is 0.459 e. The third-order valence-electron chi connectivity index (χ3n) is 5.53. The first-order valence-electron chi connectivity index (χ1n) is 8.12. The second kappa shape index (κ2) is 4.39. The number of ether oxygens (including phenoxy) is 1. The van der Waals surface area contributed by atoms with Crippen molar-refractivity contribution in [3.05, 3.63) is 53.4 Å². The Hall–Kier alpha value is -2.33. The van der Waals surface area contributed by atoms with Crippen LogP contribution in [0.2, 0.25) is 0 Å². The number of fused-ring (bicyclic) bond motifs is 4. The first-order valence-corrected chi connectivity index (χ1v) is 9.00. The maximum absolute atomic E-state index is 6.75. The minimum atomic E-state index is -0.611. The van der Waals surface area contributed by atoms with E-state index in [0.717, 1.165) is 16.8 Å². The average Bonchev–Trinajstić information content (AvgIpc) is 3.14. The van der Waals surface area contributed by atoms with Gasteiger partial charge >= 0.3 is 0 Å². The van der Waals surface area contributed by atoms with Crippen LogP contribution in [0.1, 0.15) is 19.4 Å². The molecule has 3 aromatic rings. The van der Waals surface area contributed by atoms with Crippen molar-refractivity contribution in [2.24, 2.45) is 4.99 Å².